The number of carbonyl (C=O) groups is 2. The lowest BCUT2D eigenvalue weighted by Crippen LogP contribution is -2.55. The molecule has 0 aliphatic carbocycles. The fourth-order valence-corrected chi connectivity index (χ4v) is 3.26. The van der Waals surface area contributed by atoms with Gasteiger partial charge in [0.15, 0.2) is 0 Å². The molecule has 2 rings (SSSR count). The minimum atomic E-state index is -0.00273. The van der Waals surface area contributed by atoms with Crippen LogP contribution in [0.2, 0.25) is 0 Å². The van der Waals surface area contributed by atoms with Gasteiger partial charge in [-0.25, -0.2) is 0 Å². The van der Waals surface area contributed by atoms with Crippen molar-refractivity contribution in [3.63, 3.8) is 0 Å². The summed E-state index contributed by atoms with van der Waals surface area (Å²) >= 11 is 0. The molecule has 0 bridgehead atoms. The van der Waals surface area contributed by atoms with Gasteiger partial charge in [-0.3, -0.25) is 9.59 Å². The Labute approximate surface area is 140 Å². The van der Waals surface area contributed by atoms with Crippen LogP contribution in [0, 0.1) is 11.8 Å². The molecule has 2 saturated heterocycles. The molecule has 0 radical (unpaired) electrons. The molecule has 0 aromatic carbocycles. The third-order valence-electron chi connectivity index (χ3n) is 4.80. The maximum absolute atomic E-state index is 12.7. The highest BCUT2D eigenvalue weighted by molar-refractivity contribution is 5.85. The van der Waals surface area contributed by atoms with E-state index in [1.165, 1.54) is 0 Å². The second-order valence-electron chi connectivity index (χ2n) is 6.57. The van der Waals surface area contributed by atoms with E-state index in [0.29, 0.717) is 12.6 Å². The van der Waals surface area contributed by atoms with Crippen molar-refractivity contribution >= 4 is 24.2 Å². The number of piperidine rings is 1. The fraction of sp³-hybridized carbons (Fsp3) is 0.875. The lowest BCUT2D eigenvalue weighted by molar-refractivity contribution is -0.143. The van der Waals surface area contributed by atoms with Gasteiger partial charge >= 0.3 is 0 Å². The van der Waals surface area contributed by atoms with E-state index in [-0.39, 0.29) is 36.1 Å². The zero-order chi connectivity index (χ0) is 15.4. The Bertz CT molecular complexity index is 392. The van der Waals surface area contributed by atoms with Gasteiger partial charge in [0.05, 0.1) is 5.92 Å². The van der Waals surface area contributed by atoms with E-state index in [9.17, 15) is 9.59 Å². The fourth-order valence-electron chi connectivity index (χ4n) is 3.26. The number of amides is 2. The maximum atomic E-state index is 12.7. The molecule has 2 aliphatic rings. The highest BCUT2D eigenvalue weighted by Gasteiger charge is 2.33. The van der Waals surface area contributed by atoms with Crippen molar-refractivity contribution in [2.45, 2.75) is 46.1 Å². The maximum Gasteiger partial charge on any atom is 0.227 e. The van der Waals surface area contributed by atoms with Crippen LogP contribution in [0.3, 0.4) is 0 Å². The number of likely N-dealkylation sites (tertiary alicyclic amines) is 1. The number of piperazine rings is 1. The summed E-state index contributed by atoms with van der Waals surface area (Å²) < 4.78 is 0. The van der Waals surface area contributed by atoms with Gasteiger partial charge in [-0.2, -0.15) is 0 Å². The van der Waals surface area contributed by atoms with E-state index in [1.807, 2.05) is 23.6 Å². The Morgan fingerprint density at radius 3 is 2.59 bits per heavy atom. The minimum absolute atomic E-state index is 0. The van der Waals surface area contributed by atoms with Crippen LogP contribution in [0.4, 0.5) is 0 Å². The summed E-state index contributed by atoms with van der Waals surface area (Å²) in [7, 11) is 0. The molecule has 3 unspecified atom stereocenters. The first-order valence-electron chi connectivity index (χ1n) is 8.33. The van der Waals surface area contributed by atoms with Crippen molar-refractivity contribution in [3.05, 3.63) is 0 Å². The van der Waals surface area contributed by atoms with Crippen molar-refractivity contribution in [2.24, 2.45) is 11.8 Å². The zero-order valence-electron chi connectivity index (χ0n) is 14.0. The predicted molar refractivity (Wildman–Crippen MR) is 90.1 cm³/mol. The van der Waals surface area contributed by atoms with Crippen LogP contribution in [0.25, 0.3) is 0 Å². The SMILES string of the molecule is CCC(C)C(=O)N1CCCC(C(=O)N2CCNC(C)C2)C1.Cl. The molecule has 2 fully saturated rings. The van der Waals surface area contributed by atoms with E-state index in [0.717, 1.165) is 45.4 Å². The molecular formula is C16H30ClN3O2. The third kappa shape index (κ3) is 4.59. The average Bonchev–Trinajstić information content (AvgIpc) is 2.52. The molecule has 1 N–H and O–H groups in total. The van der Waals surface area contributed by atoms with Crippen LogP contribution in [0.1, 0.15) is 40.0 Å². The summed E-state index contributed by atoms with van der Waals surface area (Å²) in [5.41, 5.74) is 0. The molecule has 2 amide bonds. The molecule has 0 saturated carbocycles. The number of carbonyl (C=O) groups excluding carboxylic acids is 2. The van der Waals surface area contributed by atoms with Crippen LogP contribution in [-0.2, 0) is 9.59 Å². The van der Waals surface area contributed by atoms with Crippen molar-refractivity contribution in [2.75, 3.05) is 32.7 Å². The number of halogens is 1. The van der Waals surface area contributed by atoms with Crippen LogP contribution < -0.4 is 5.32 Å². The summed E-state index contributed by atoms with van der Waals surface area (Å²) in [6.07, 6.45) is 2.73. The van der Waals surface area contributed by atoms with Gasteiger partial charge < -0.3 is 15.1 Å². The molecular weight excluding hydrogens is 302 g/mol. The lowest BCUT2D eigenvalue weighted by atomic mass is 9.94. The van der Waals surface area contributed by atoms with Crippen LogP contribution >= 0.6 is 12.4 Å². The van der Waals surface area contributed by atoms with Gasteiger partial charge in [0.25, 0.3) is 0 Å². The van der Waals surface area contributed by atoms with E-state index in [4.69, 9.17) is 0 Å². The van der Waals surface area contributed by atoms with Crippen molar-refractivity contribution < 1.29 is 9.59 Å². The van der Waals surface area contributed by atoms with Gasteiger partial charge in [0.1, 0.15) is 0 Å². The highest BCUT2D eigenvalue weighted by atomic mass is 35.5. The molecule has 0 aromatic rings. The van der Waals surface area contributed by atoms with Gasteiger partial charge in [-0.15, -0.1) is 12.4 Å². The topological polar surface area (TPSA) is 52.7 Å². The number of nitrogens with one attached hydrogen (secondary N) is 1. The quantitative estimate of drug-likeness (QED) is 0.853. The summed E-state index contributed by atoms with van der Waals surface area (Å²) in [5, 5.41) is 3.36. The van der Waals surface area contributed by atoms with E-state index in [2.05, 4.69) is 12.2 Å². The normalized spacial score (nSPS) is 27.0. The zero-order valence-corrected chi connectivity index (χ0v) is 14.8. The minimum Gasteiger partial charge on any atom is -0.342 e. The Kier molecular flexibility index (Phi) is 7.63. The van der Waals surface area contributed by atoms with Gasteiger partial charge in [-0.1, -0.05) is 13.8 Å². The number of nitrogens with zero attached hydrogens (tertiary/aromatic N) is 2. The van der Waals surface area contributed by atoms with Crippen LogP contribution in [0.15, 0.2) is 0 Å². The Morgan fingerprint density at radius 1 is 1.23 bits per heavy atom. The summed E-state index contributed by atoms with van der Waals surface area (Å²) in [5.74, 6) is 0.517. The number of hydrogen-bond acceptors (Lipinski definition) is 3. The molecule has 0 aromatic heterocycles. The standard InChI is InChI=1S/C16H29N3O2.ClH/c1-4-12(2)15(20)18-8-5-6-14(11-18)16(21)19-9-7-17-13(3)10-19;/h12-14,17H,4-11H2,1-3H3;1H. The third-order valence-corrected chi connectivity index (χ3v) is 4.80. The second-order valence-corrected chi connectivity index (χ2v) is 6.57. The average molecular weight is 332 g/mol. The Balaban J connectivity index is 0.00000242. The molecule has 128 valence electrons. The van der Waals surface area contributed by atoms with Crippen molar-refractivity contribution in [3.8, 4) is 0 Å². The lowest BCUT2D eigenvalue weighted by Gasteiger charge is -2.38. The molecule has 2 heterocycles. The van der Waals surface area contributed by atoms with E-state index >= 15 is 0 Å². The van der Waals surface area contributed by atoms with Gasteiger partial charge in [0.2, 0.25) is 11.8 Å². The molecule has 6 heteroatoms. The number of rotatable bonds is 3. The van der Waals surface area contributed by atoms with Crippen LogP contribution in [-0.4, -0.2) is 60.4 Å². The molecule has 2 aliphatic heterocycles. The predicted octanol–water partition coefficient (Wildman–Crippen LogP) is 1.51. The van der Waals surface area contributed by atoms with Gasteiger partial charge in [-0.05, 0) is 26.2 Å². The largest absolute Gasteiger partial charge is 0.342 e. The van der Waals surface area contributed by atoms with Crippen LogP contribution in [0.5, 0.6) is 0 Å². The Hall–Kier alpha value is -0.810. The van der Waals surface area contributed by atoms with E-state index in [1.54, 1.807) is 0 Å². The van der Waals surface area contributed by atoms with E-state index < -0.39 is 0 Å². The summed E-state index contributed by atoms with van der Waals surface area (Å²) in [6, 6.07) is 0.365. The first kappa shape index (κ1) is 19.2. The first-order chi connectivity index (χ1) is 10.0. The Morgan fingerprint density at radius 2 is 1.95 bits per heavy atom. The second kappa shape index (κ2) is 8.73. The summed E-state index contributed by atoms with van der Waals surface area (Å²) in [4.78, 5) is 28.9. The molecule has 5 nitrogen and oxygen atoms in total. The first-order valence-corrected chi connectivity index (χ1v) is 8.33. The van der Waals surface area contributed by atoms with Gasteiger partial charge in [0, 0.05) is 44.7 Å². The smallest absolute Gasteiger partial charge is 0.227 e. The van der Waals surface area contributed by atoms with Crippen molar-refractivity contribution in [1.29, 1.82) is 0 Å². The number of hydrogen-bond donors (Lipinski definition) is 1. The monoisotopic (exact) mass is 331 g/mol. The molecule has 22 heavy (non-hydrogen) atoms. The molecule has 0 spiro atoms. The van der Waals surface area contributed by atoms with Crippen molar-refractivity contribution in [1.82, 2.24) is 15.1 Å². The highest BCUT2D eigenvalue weighted by Crippen LogP contribution is 2.21. The summed E-state index contributed by atoms with van der Waals surface area (Å²) in [6.45, 7) is 10.00. The molecule has 3 atom stereocenters.